The van der Waals surface area contributed by atoms with Crippen LogP contribution < -0.4 is 14.8 Å². The fourth-order valence-electron chi connectivity index (χ4n) is 3.44. The predicted molar refractivity (Wildman–Crippen MR) is 117 cm³/mol. The maximum Gasteiger partial charge on any atom is 0.348 e. The van der Waals surface area contributed by atoms with Gasteiger partial charge in [-0.05, 0) is 75.3 Å². The van der Waals surface area contributed by atoms with E-state index in [-0.39, 0.29) is 12.5 Å². The van der Waals surface area contributed by atoms with Crippen LogP contribution in [0.15, 0.2) is 24.3 Å². The molecule has 0 fully saturated rings. The summed E-state index contributed by atoms with van der Waals surface area (Å²) in [7, 11) is 0. The van der Waals surface area contributed by atoms with Crippen molar-refractivity contribution in [3.8, 4) is 11.5 Å². The number of nitrogens with one attached hydrogen (secondary N) is 1. The standard InChI is InChI=1S/C23H29NO5S/c1-3-27-18-10-9-16(13-19(18)28-4-2)11-12-24-22(25)15-29-23(26)21-14-17-7-5-6-8-20(17)30-21/h9-10,13-14H,3-8,11-12,15H2,1-2H3,(H,24,25). The van der Waals surface area contributed by atoms with Gasteiger partial charge in [-0.3, -0.25) is 4.79 Å². The third kappa shape index (κ3) is 5.98. The van der Waals surface area contributed by atoms with Gasteiger partial charge in [0, 0.05) is 11.4 Å². The molecule has 1 aromatic carbocycles. The van der Waals surface area contributed by atoms with Gasteiger partial charge in [0.2, 0.25) is 0 Å². The molecule has 1 aromatic heterocycles. The number of amides is 1. The zero-order valence-electron chi connectivity index (χ0n) is 17.6. The van der Waals surface area contributed by atoms with Gasteiger partial charge in [-0.2, -0.15) is 0 Å². The van der Waals surface area contributed by atoms with Crippen molar-refractivity contribution in [2.75, 3.05) is 26.4 Å². The van der Waals surface area contributed by atoms with Crippen LogP contribution in [0.2, 0.25) is 0 Å². The zero-order valence-corrected chi connectivity index (χ0v) is 18.4. The van der Waals surface area contributed by atoms with Gasteiger partial charge in [0.25, 0.3) is 5.91 Å². The van der Waals surface area contributed by atoms with E-state index in [2.05, 4.69) is 5.32 Å². The third-order valence-corrected chi connectivity index (χ3v) is 6.09. The Balaban J connectivity index is 1.43. The van der Waals surface area contributed by atoms with Crippen LogP contribution in [0, 0.1) is 0 Å². The number of carbonyl (C=O) groups is 2. The lowest BCUT2D eigenvalue weighted by molar-refractivity contribution is -0.124. The van der Waals surface area contributed by atoms with Gasteiger partial charge in [-0.1, -0.05) is 6.07 Å². The minimum absolute atomic E-state index is 0.269. The van der Waals surface area contributed by atoms with Crippen LogP contribution in [0.4, 0.5) is 0 Å². The molecule has 1 aliphatic rings. The highest BCUT2D eigenvalue weighted by molar-refractivity contribution is 7.14. The summed E-state index contributed by atoms with van der Waals surface area (Å²) in [4.78, 5) is 26.1. The largest absolute Gasteiger partial charge is 0.490 e. The molecule has 0 aliphatic heterocycles. The molecule has 0 atom stereocenters. The number of aryl methyl sites for hydroxylation is 2. The first-order valence-electron chi connectivity index (χ1n) is 10.5. The van der Waals surface area contributed by atoms with Crippen LogP contribution in [-0.4, -0.2) is 38.2 Å². The molecule has 7 heteroatoms. The minimum atomic E-state index is -0.419. The maximum absolute atomic E-state index is 12.2. The molecule has 2 aromatic rings. The second-order valence-electron chi connectivity index (χ2n) is 7.09. The molecule has 162 valence electrons. The first-order valence-corrected chi connectivity index (χ1v) is 11.4. The second kappa shape index (κ2) is 11.0. The van der Waals surface area contributed by atoms with Gasteiger partial charge in [-0.15, -0.1) is 11.3 Å². The molecule has 1 N–H and O–H groups in total. The first-order chi connectivity index (χ1) is 14.6. The molecule has 0 saturated heterocycles. The van der Waals surface area contributed by atoms with Crippen LogP contribution >= 0.6 is 11.3 Å². The monoisotopic (exact) mass is 431 g/mol. The van der Waals surface area contributed by atoms with Crippen molar-refractivity contribution in [1.29, 1.82) is 0 Å². The van der Waals surface area contributed by atoms with Crippen LogP contribution in [0.3, 0.4) is 0 Å². The number of hydrogen-bond donors (Lipinski definition) is 1. The molecule has 1 heterocycles. The number of carbonyl (C=O) groups excluding carboxylic acids is 2. The van der Waals surface area contributed by atoms with Crippen LogP contribution in [-0.2, 0) is 28.8 Å². The summed E-state index contributed by atoms with van der Waals surface area (Å²) in [6.07, 6.45) is 5.04. The van der Waals surface area contributed by atoms with Crippen molar-refractivity contribution < 1.29 is 23.8 Å². The molecule has 0 unspecified atom stereocenters. The average molecular weight is 432 g/mol. The number of esters is 1. The van der Waals surface area contributed by atoms with E-state index in [9.17, 15) is 9.59 Å². The lowest BCUT2D eigenvalue weighted by Crippen LogP contribution is -2.30. The van der Waals surface area contributed by atoms with Crippen molar-refractivity contribution in [3.63, 3.8) is 0 Å². The summed E-state index contributed by atoms with van der Waals surface area (Å²) in [6, 6.07) is 7.69. The van der Waals surface area contributed by atoms with E-state index in [0.717, 1.165) is 18.4 Å². The van der Waals surface area contributed by atoms with E-state index in [1.54, 1.807) is 0 Å². The van der Waals surface area contributed by atoms with Crippen molar-refractivity contribution in [2.24, 2.45) is 0 Å². The second-order valence-corrected chi connectivity index (χ2v) is 8.23. The smallest absolute Gasteiger partial charge is 0.348 e. The van der Waals surface area contributed by atoms with E-state index in [1.165, 1.54) is 34.6 Å². The van der Waals surface area contributed by atoms with Gasteiger partial charge >= 0.3 is 5.97 Å². The Hall–Kier alpha value is -2.54. The van der Waals surface area contributed by atoms with Crippen LogP contribution in [0.1, 0.15) is 52.4 Å². The Morgan fingerprint density at radius 2 is 1.80 bits per heavy atom. The summed E-state index contributed by atoms with van der Waals surface area (Å²) < 4.78 is 16.4. The summed E-state index contributed by atoms with van der Waals surface area (Å²) in [6.45, 7) is 5.16. The molecule has 30 heavy (non-hydrogen) atoms. The number of ether oxygens (including phenoxy) is 3. The fourth-order valence-corrected chi connectivity index (χ4v) is 4.59. The highest BCUT2D eigenvalue weighted by atomic mass is 32.1. The molecular formula is C23H29NO5S. The van der Waals surface area contributed by atoms with E-state index >= 15 is 0 Å². The van der Waals surface area contributed by atoms with Gasteiger partial charge in [0.1, 0.15) is 4.88 Å². The van der Waals surface area contributed by atoms with E-state index in [0.29, 0.717) is 42.6 Å². The molecule has 1 aliphatic carbocycles. The van der Waals surface area contributed by atoms with E-state index in [1.807, 2.05) is 38.1 Å². The molecular weight excluding hydrogens is 402 g/mol. The summed E-state index contributed by atoms with van der Waals surface area (Å²) in [5.41, 5.74) is 2.28. The van der Waals surface area contributed by atoms with Gasteiger partial charge < -0.3 is 19.5 Å². The maximum atomic E-state index is 12.2. The van der Waals surface area contributed by atoms with Crippen molar-refractivity contribution in [3.05, 3.63) is 45.1 Å². The fraction of sp³-hybridized carbons (Fsp3) is 0.478. The molecule has 1 amide bonds. The summed E-state index contributed by atoms with van der Waals surface area (Å²) in [5, 5.41) is 2.79. The minimum Gasteiger partial charge on any atom is -0.490 e. The van der Waals surface area contributed by atoms with Crippen molar-refractivity contribution in [2.45, 2.75) is 46.0 Å². The van der Waals surface area contributed by atoms with E-state index in [4.69, 9.17) is 14.2 Å². The van der Waals surface area contributed by atoms with Crippen LogP contribution in [0.25, 0.3) is 0 Å². The Morgan fingerprint density at radius 1 is 1.03 bits per heavy atom. The Labute approximate surface area is 181 Å². The number of thiophene rings is 1. The third-order valence-electron chi connectivity index (χ3n) is 4.88. The quantitative estimate of drug-likeness (QED) is 0.577. The van der Waals surface area contributed by atoms with Crippen molar-refractivity contribution in [1.82, 2.24) is 5.32 Å². The zero-order chi connectivity index (χ0) is 21.3. The summed E-state index contributed by atoms with van der Waals surface area (Å²) >= 11 is 1.49. The van der Waals surface area contributed by atoms with Gasteiger partial charge in [0.05, 0.1) is 13.2 Å². The molecule has 0 radical (unpaired) electrons. The Bertz CT molecular complexity index is 853. The molecule has 0 bridgehead atoms. The van der Waals surface area contributed by atoms with Crippen LogP contribution in [0.5, 0.6) is 11.5 Å². The van der Waals surface area contributed by atoms with E-state index < -0.39 is 5.97 Å². The Kier molecular flexibility index (Phi) is 8.13. The van der Waals surface area contributed by atoms with Gasteiger partial charge in [-0.25, -0.2) is 4.79 Å². The molecule has 0 spiro atoms. The normalized spacial score (nSPS) is 12.7. The lowest BCUT2D eigenvalue weighted by Gasteiger charge is -2.12. The number of benzene rings is 1. The number of rotatable bonds is 10. The molecule has 0 saturated carbocycles. The average Bonchev–Trinajstić information content (AvgIpc) is 3.18. The molecule has 3 rings (SSSR count). The highest BCUT2D eigenvalue weighted by Gasteiger charge is 2.18. The van der Waals surface area contributed by atoms with Gasteiger partial charge in [0.15, 0.2) is 18.1 Å². The molecule has 6 nitrogen and oxygen atoms in total. The Morgan fingerprint density at radius 3 is 2.57 bits per heavy atom. The highest BCUT2D eigenvalue weighted by Crippen LogP contribution is 2.30. The first kappa shape index (κ1) is 22.2. The lowest BCUT2D eigenvalue weighted by atomic mass is 9.99. The summed E-state index contributed by atoms with van der Waals surface area (Å²) in [5.74, 6) is 0.697. The topological polar surface area (TPSA) is 73.9 Å². The number of hydrogen-bond acceptors (Lipinski definition) is 6. The predicted octanol–water partition coefficient (Wildman–Crippen LogP) is 3.94. The van der Waals surface area contributed by atoms with Crippen molar-refractivity contribution >= 4 is 23.2 Å². The number of fused-ring (bicyclic) bond motifs is 1. The SMILES string of the molecule is CCOc1ccc(CCNC(=O)COC(=O)c2cc3c(s2)CCCC3)cc1OCC.